The first-order valence-corrected chi connectivity index (χ1v) is 6.84. The highest BCUT2D eigenvalue weighted by atomic mass is 16.5. The summed E-state index contributed by atoms with van der Waals surface area (Å²) in [5, 5.41) is 3.35. The van der Waals surface area contributed by atoms with E-state index >= 15 is 0 Å². The minimum absolute atomic E-state index is 0.679. The summed E-state index contributed by atoms with van der Waals surface area (Å²) in [6.07, 6.45) is 3.73. The second-order valence-corrected chi connectivity index (χ2v) is 4.75. The predicted octanol–water partition coefficient (Wildman–Crippen LogP) is 3.82. The Balaban J connectivity index is 1.67. The molecule has 2 aromatic carbocycles. The summed E-state index contributed by atoms with van der Waals surface area (Å²) in [5.74, 6) is 2.63. The Bertz CT molecular complexity index is 707. The van der Waals surface area contributed by atoms with Gasteiger partial charge in [0.25, 0.3) is 0 Å². The number of rotatable bonds is 5. The summed E-state index contributed by atoms with van der Waals surface area (Å²) >= 11 is 0. The second-order valence-electron chi connectivity index (χ2n) is 4.75. The standard InChI is InChI=1S/C17H17N3O/c1-20-11-10-18-17(20)13-19-14-6-5-9-16(12-14)21-15-7-3-2-4-8-15/h2-12,19H,13H2,1H3. The molecule has 0 bridgehead atoms. The Labute approximate surface area is 124 Å². The average molecular weight is 279 g/mol. The van der Waals surface area contributed by atoms with Crippen LogP contribution in [0.25, 0.3) is 0 Å². The van der Waals surface area contributed by atoms with Crippen LogP contribution in [-0.4, -0.2) is 9.55 Å². The molecule has 3 aromatic rings. The lowest BCUT2D eigenvalue weighted by atomic mass is 10.3. The Kier molecular flexibility index (Phi) is 3.87. The first-order valence-electron chi connectivity index (χ1n) is 6.84. The number of nitrogens with zero attached hydrogens (tertiary/aromatic N) is 2. The molecule has 4 heteroatoms. The molecule has 0 aliphatic heterocycles. The summed E-state index contributed by atoms with van der Waals surface area (Å²) in [5.41, 5.74) is 1.01. The molecular formula is C17H17N3O. The van der Waals surface area contributed by atoms with Crippen molar-refractivity contribution in [3.05, 3.63) is 72.8 Å². The van der Waals surface area contributed by atoms with Crippen LogP contribution in [0.15, 0.2) is 67.0 Å². The largest absolute Gasteiger partial charge is 0.457 e. The fourth-order valence-electron chi connectivity index (χ4n) is 2.04. The van der Waals surface area contributed by atoms with Crippen molar-refractivity contribution >= 4 is 5.69 Å². The van der Waals surface area contributed by atoms with Crippen LogP contribution < -0.4 is 10.1 Å². The molecule has 21 heavy (non-hydrogen) atoms. The number of para-hydroxylation sites is 1. The molecule has 0 fully saturated rings. The molecule has 1 aromatic heterocycles. The maximum absolute atomic E-state index is 5.82. The summed E-state index contributed by atoms with van der Waals surface area (Å²) in [7, 11) is 1.99. The van der Waals surface area contributed by atoms with Crippen LogP contribution in [-0.2, 0) is 13.6 Å². The smallest absolute Gasteiger partial charge is 0.129 e. The fourth-order valence-corrected chi connectivity index (χ4v) is 2.04. The van der Waals surface area contributed by atoms with Gasteiger partial charge in [-0.25, -0.2) is 4.98 Å². The zero-order valence-corrected chi connectivity index (χ0v) is 11.9. The molecule has 1 N–H and O–H groups in total. The fraction of sp³-hybridized carbons (Fsp3) is 0.118. The van der Waals surface area contributed by atoms with Gasteiger partial charge in [0, 0.05) is 31.2 Å². The van der Waals surface area contributed by atoms with Gasteiger partial charge in [-0.15, -0.1) is 0 Å². The molecule has 0 radical (unpaired) electrons. The highest BCUT2D eigenvalue weighted by Gasteiger charge is 2.01. The molecule has 0 saturated carbocycles. The third-order valence-corrected chi connectivity index (χ3v) is 3.18. The molecule has 106 valence electrons. The number of benzene rings is 2. The third kappa shape index (κ3) is 3.42. The summed E-state index contributed by atoms with van der Waals surface area (Å²) in [4.78, 5) is 4.29. The first kappa shape index (κ1) is 13.2. The number of aryl methyl sites for hydroxylation is 1. The highest BCUT2D eigenvalue weighted by Crippen LogP contribution is 2.23. The number of imidazole rings is 1. The number of anilines is 1. The van der Waals surface area contributed by atoms with Crippen molar-refractivity contribution in [1.29, 1.82) is 0 Å². The number of aromatic nitrogens is 2. The van der Waals surface area contributed by atoms with E-state index in [9.17, 15) is 0 Å². The van der Waals surface area contributed by atoms with Gasteiger partial charge in [-0.3, -0.25) is 0 Å². The Morgan fingerprint density at radius 3 is 2.62 bits per heavy atom. The molecule has 0 aliphatic carbocycles. The van der Waals surface area contributed by atoms with Gasteiger partial charge < -0.3 is 14.6 Å². The number of ether oxygens (including phenoxy) is 1. The van der Waals surface area contributed by atoms with Gasteiger partial charge in [0.1, 0.15) is 17.3 Å². The lowest BCUT2D eigenvalue weighted by Gasteiger charge is -2.09. The predicted molar refractivity (Wildman–Crippen MR) is 83.5 cm³/mol. The summed E-state index contributed by atoms with van der Waals surface area (Å²) < 4.78 is 7.82. The maximum atomic E-state index is 5.82. The number of hydrogen-bond donors (Lipinski definition) is 1. The van der Waals surface area contributed by atoms with Gasteiger partial charge in [0.05, 0.1) is 6.54 Å². The van der Waals surface area contributed by atoms with E-state index in [4.69, 9.17) is 4.74 Å². The van der Waals surface area contributed by atoms with E-state index in [0.29, 0.717) is 6.54 Å². The molecule has 0 unspecified atom stereocenters. The molecule has 0 saturated heterocycles. The average Bonchev–Trinajstić information content (AvgIpc) is 2.92. The quantitative estimate of drug-likeness (QED) is 0.771. The normalized spacial score (nSPS) is 10.3. The van der Waals surface area contributed by atoms with E-state index in [1.54, 1.807) is 6.20 Å². The van der Waals surface area contributed by atoms with E-state index in [0.717, 1.165) is 23.0 Å². The van der Waals surface area contributed by atoms with Crippen molar-refractivity contribution in [2.24, 2.45) is 7.05 Å². The second kappa shape index (κ2) is 6.13. The zero-order chi connectivity index (χ0) is 14.5. The summed E-state index contributed by atoms with van der Waals surface area (Å²) in [6.45, 7) is 0.679. The van der Waals surface area contributed by atoms with Crippen LogP contribution in [0.2, 0.25) is 0 Å². The van der Waals surface area contributed by atoms with Crippen LogP contribution in [0, 0.1) is 0 Å². The molecule has 1 heterocycles. The van der Waals surface area contributed by atoms with Gasteiger partial charge >= 0.3 is 0 Å². The van der Waals surface area contributed by atoms with Gasteiger partial charge in [0.15, 0.2) is 0 Å². The van der Waals surface area contributed by atoms with E-state index in [1.165, 1.54) is 0 Å². The van der Waals surface area contributed by atoms with Crippen molar-refractivity contribution in [3.63, 3.8) is 0 Å². The molecule has 0 aliphatic rings. The Hall–Kier alpha value is -2.75. The Morgan fingerprint density at radius 2 is 1.86 bits per heavy atom. The van der Waals surface area contributed by atoms with E-state index < -0.39 is 0 Å². The number of nitrogens with one attached hydrogen (secondary N) is 1. The van der Waals surface area contributed by atoms with E-state index in [-0.39, 0.29) is 0 Å². The highest BCUT2D eigenvalue weighted by molar-refractivity contribution is 5.49. The van der Waals surface area contributed by atoms with Crippen LogP contribution in [0.4, 0.5) is 5.69 Å². The van der Waals surface area contributed by atoms with E-state index in [2.05, 4.69) is 10.3 Å². The molecule has 0 amide bonds. The van der Waals surface area contributed by atoms with Crippen LogP contribution in [0.1, 0.15) is 5.82 Å². The van der Waals surface area contributed by atoms with Gasteiger partial charge in [-0.05, 0) is 24.3 Å². The van der Waals surface area contributed by atoms with Crippen molar-refractivity contribution in [2.75, 3.05) is 5.32 Å². The molecular weight excluding hydrogens is 262 g/mol. The minimum atomic E-state index is 0.679. The van der Waals surface area contributed by atoms with Gasteiger partial charge in [0.2, 0.25) is 0 Å². The Morgan fingerprint density at radius 1 is 1.05 bits per heavy atom. The molecule has 0 atom stereocenters. The summed E-state index contributed by atoms with van der Waals surface area (Å²) in [6, 6.07) is 17.7. The lowest BCUT2D eigenvalue weighted by Crippen LogP contribution is -2.05. The lowest BCUT2D eigenvalue weighted by molar-refractivity contribution is 0.483. The van der Waals surface area contributed by atoms with Crippen molar-refractivity contribution < 1.29 is 4.74 Å². The van der Waals surface area contributed by atoms with Crippen molar-refractivity contribution in [1.82, 2.24) is 9.55 Å². The van der Waals surface area contributed by atoms with Gasteiger partial charge in [-0.2, -0.15) is 0 Å². The van der Waals surface area contributed by atoms with Crippen molar-refractivity contribution in [3.8, 4) is 11.5 Å². The SMILES string of the molecule is Cn1ccnc1CNc1cccc(Oc2ccccc2)c1. The maximum Gasteiger partial charge on any atom is 0.129 e. The van der Waals surface area contributed by atoms with Crippen molar-refractivity contribution in [2.45, 2.75) is 6.54 Å². The third-order valence-electron chi connectivity index (χ3n) is 3.18. The van der Waals surface area contributed by atoms with Gasteiger partial charge in [-0.1, -0.05) is 24.3 Å². The van der Waals surface area contributed by atoms with Crippen LogP contribution in [0.5, 0.6) is 11.5 Å². The van der Waals surface area contributed by atoms with Crippen LogP contribution in [0.3, 0.4) is 0 Å². The monoisotopic (exact) mass is 279 g/mol. The molecule has 4 nitrogen and oxygen atoms in total. The molecule has 3 rings (SSSR count). The first-order chi connectivity index (χ1) is 10.3. The minimum Gasteiger partial charge on any atom is -0.457 e. The van der Waals surface area contributed by atoms with Crippen LogP contribution >= 0.6 is 0 Å². The topological polar surface area (TPSA) is 39.1 Å². The van der Waals surface area contributed by atoms with E-state index in [1.807, 2.05) is 72.4 Å². The zero-order valence-electron chi connectivity index (χ0n) is 11.9. The molecule has 0 spiro atoms. The number of hydrogen-bond acceptors (Lipinski definition) is 3.